The van der Waals surface area contributed by atoms with Crippen molar-refractivity contribution >= 4 is 39.1 Å². The number of rotatable bonds is 4. The van der Waals surface area contributed by atoms with E-state index in [-0.39, 0.29) is 5.69 Å². The molecule has 0 bridgehead atoms. The minimum atomic E-state index is -0.917. The zero-order valence-electron chi connectivity index (χ0n) is 11.4. The van der Waals surface area contributed by atoms with Gasteiger partial charge in [-0.1, -0.05) is 11.6 Å². The van der Waals surface area contributed by atoms with E-state index in [1.54, 1.807) is 0 Å². The zero-order chi connectivity index (χ0) is 16.3. The number of anilines is 1. The van der Waals surface area contributed by atoms with E-state index in [2.05, 4.69) is 21.2 Å². The Labute approximate surface area is 139 Å². The first-order valence-electron chi connectivity index (χ1n) is 6.24. The summed E-state index contributed by atoms with van der Waals surface area (Å²) < 4.78 is 32.4. The average molecular weight is 391 g/mol. The topological polar surface area (TPSA) is 38.3 Å². The highest BCUT2D eigenvalue weighted by molar-refractivity contribution is 9.10. The van der Waals surface area contributed by atoms with Gasteiger partial charge in [0.05, 0.1) is 10.2 Å². The van der Waals surface area contributed by atoms with Gasteiger partial charge in [-0.3, -0.25) is 4.79 Å². The molecule has 0 fully saturated rings. The summed E-state index contributed by atoms with van der Waals surface area (Å²) in [6.07, 6.45) is -0.917. The van der Waals surface area contributed by atoms with Gasteiger partial charge in [-0.25, -0.2) is 8.78 Å². The molecule has 116 valence electrons. The Bertz CT molecular complexity index is 712. The number of carbonyl (C=O) groups is 1. The number of amides is 1. The zero-order valence-corrected chi connectivity index (χ0v) is 13.7. The molecule has 0 spiro atoms. The molecule has 2 aromatic rings. The molecule has 1 amide bonds. The van der Waals surface area contributed by atoms with Crippen LogP contribution in [0.25, 0.3) is 0 Å². The molecule has 0 heterocycles. The summed E-state index contributed by atoms with van der Waals surface area (Å²) in [5.74, 6) is -1.29. The Kier molecular flexibility index (Phi) is 5.37. The van der Waals surface area contributed by atoms with Crippen LogP contribution in [0, 0.1) is 11.6 Å². The summed E-state index contributed by atoms with van der Waals surface area (Å²) in [5, 5.41) is 2.69. The van der Waals surface area contributed by atoms with Crippen molar-refractivity contribution in [2.24, 2.45) is 0 Å². The van der Waals surface area contributed by atoms with Crippen molar-refractivity contribution in [3.05, 3.63) is 57.5 Å². The smallest absolute Gasteiger partial charge is 0.265 e. The normalized spacial score (nSPS) is 11.9. The lowest BCUT2D eigenvalue weighted by molar-refractivity contribution is -0.122. The number of benzene rings is 2. The van der Waals surface area contributed by atoms with E-state index in [4.69, 9.17) is 16.3 Å². The minimum absolute atomic E-state index is 0.0360. The maximum Gasteiger partial charge on any atom is 0.265 e. The standard InChI is InChI=1S/C15H11BrClF2NO2/c1-8(22-14-5-3-10(18)7-11(14)16)15(21)20-13-6-9(17)2-4-12(13)19/h2-8H,1H3,(H,20,21). The molecule has 0 aliphatic carbocycles. The van der Waals surface area contributed by atoms with E-state index < -0.39 is 23.6 Å². The lowest BCUT2D eigenvalue weighted by Gasteiger charge is -2.16. The van der Waals surface area contributed by atoms with Crippen molar-refractivity contribution in [3.8, 4) is 5.75 Å². The van der Waals surface area contributed by atoms with Crippen LogP contribution in [0.5, 0.6) is 5.75 Å². The van der Waals surface area contributed by atoms with Gasteiger partial charge in [-0.2, -0.15) is 0 Å². The molecule has 3 nitrogen and oxygen atoms in total. The van der Waals surface area contributed by atoms with Crippen LogP contribution in [0.15, 0.2) is 40.9 Å². The molecular formula is C15H11BrClF2NO2. The quantitative estimate of drug-likeness (QED) is 0.815. The molecule has 0 saturated carbocycles. The molecule has 0 radical (unpaired) electrons. The fourth-order valence-corrected chi connectivity index (χ4v) is 2.26. The highest BCUT2D eigenvalue weighted by Gasteiger charge is 2.18. The van der Waals surface area contributed by atoms with Gasteiger partial charge in [0.15, 0.2) is 6.10 Å². The van der Waals surface area contributed by atoms with Crippen LogP contribution in [0.3, 0.4) is 0 Å². The van der Waals surface area contributed by atoms with Crippen molar-refractivity contribution in [1.29, 1.82) is 0 Å². The first-order valence-corrected chi connectivity index (χ1v) is 7.41. The van der Waals surface area contributed by atoms with Crippen molar-refractivity contribution in [2.45, 2.75) is 13.0 Å². The van der Waals surface area contributed by atoms with E-state index >= 15 is 0 Å². The van der Waals surface area contributed by atoms with E-state index in [1.165, 1.54) is 37.3 Å². The van der Waals surface area contributed by atoms with E-state index in [1.807, 2.05) is 0 Å². The van der Waals surface area contributed by atoms with E-state index in [9.17, 15) is 13.6 Å². The summed E-state index contributed by atoms with van der Waals surface area (Å²) >= 11 is 8.89. The molecular weight excluding hydrogens is 380 g/mol. The molecule has 7 heteroatoms. The van der Waals surface area contributed by atoms with Crippen LogP contribution in [-0.2, 0) is 4.79 Å². The second-order valence-corrected chi connectivity index (χ2v) is 5.74. The molecule has 1 N–H and O–H groups in total. The number of halogens is 4. The van der Waals surface area contributed by atoms with Crippen LogP contribution >= 0.6 is 27.5 Å². The maximum atomic E-state index is 13.6. The van der Waals surface area contributed by atoms with Crippen molar-refractivity contribution in [2.75, 3.05) is 5.32 Å². The number of hydrogen-bond acceptors (Lipinski definition) is 2. The third-order valence-corrected chi connectivity index (χ3v) is 3.61. The fourth-order valence-electron chi connectivity index (χ4n) is 1.64. The molecule has 0 aliphatic heterocycles. The van der Waals surface area contributed by atoms with Crippen LogP contribution in [0.2, 0.25) is 5.02 Å². The van der Waals surface area contributed by atoms with Crippen LogP contribution < -0.4 is 10.1 Å². The van der Waals surface area contributed by atoms with Crippen molar-refractivity contribution in [3.63, 3.8) is 0 Å². The van der Waals surface area contributed by atoms with Crippen molar-refractivity contribution < 1.29 is 18.3 Å². The van der Waals surface area contributed by atoms with Gasteiger partial charge in [-0.15, -0.1) is 0 Å². The molecule has 2 aromatic carbocycles. The lowest BCUT2D eigenvalue weighted by Crippen LogP contribution is -2.30. The molecule has 0 aromatic heterocycles. The summed E-state index contributed by atoms with van der Waals surface area (Å²) in [6.45, 7) is 1.49. The molecule has 0 aliphatic rings. The average Bonchev–Trinajstić information content (AvgIpc) is 2.45. The second kappa shape index (κ2) is 7.07. The van der Waals surface area contributed by atoms with Gasteiger partial charge in [0, 0.05) is 5.02 Å². The lowest BCUT2D eigenvalue weighted by atomic mass is 10.2. The highest BCUT2D eigenvalue weighted by Crippen LogP contribution is 2.27. The summed E-state index contributed by atoms with van der Waals surface area (Å²) in [5.41, 5.74) is -0.0360. The number of carbonyl (C=O) groups excluding carboxylic acids is 1. The van der Waals surface area contributed by atoms with Gasteiger partial charge in [-0.05, 0) is 59.3 Å². The minimum Gasteiger partial charge on any atom is -0.480 e. The summed E-state index contributed by atoms with van der Waals surface area (Å²) in [7, 11) is 0. The second-order valence-electron chi connectivity index (χ2n) is 4.45. The Morgan fingerprint density at radius 1 is 1.27 bits per heavy atom. The summed E-state index contributed by atoms with van der Waals surface area (Å²) in [6, 6.07) is 7.65. The Hall–Kier alpha value is -1.66. The predicted molar refractivity (Wildman–Crippen MR) is 84.2 cm³/mol. The van der Waals surface area contributed by atoms with Crippen LogP contribution in [0.1, 0.15) is 6.92 Å². The monoisotopic (exact) mass is 389 g/mol. The van der Waals surface area contributed by atoms with Crippen molar-refractivity contribution in [1.82, 2.24) is 0 Å². The Morgan fingerprint density at radius 3 is 2.68 bits per heavy atom. The largest absolute Gasteiger partial charge is 0.480 e. The van der Waals surface area contributed by atoms with Crippen LogP contribution in [-0.4, -0.2) is 12.0 Å². The highest BCUT2D eigenvalue weighted by atomic mass is 79.9. The number of nitrogens with one attached hydrogen (secondary N) is 1. The summed E-state index contributed by atoms with van der Waals surface area (Å²) in [4.78, 5) is 12.0. The Morgan fingerprint density at radius 2 is 2.00 bits per heavy atom. The molecule has 22 heavy (non-hydrogen) atoms. The predicted octanol–water partition coefficient (Wildman–Crippen LogP) is 4.79. The van der Waals surface area contributed by atoms with E-state index in [0.29, 0.717) is 15.2 Å². The molecule has 1 unspecified atom stereocenters. The number of ether oxygens (including phenoxy) is 1. The van der Waals surface area contributed by atoms with Gasteiger partial charge in [0.2, 0.25) is 0 Å². The molecule has 1 atom stereocenters. The first-order chi connectivity index (χ1) is 10.4. The fraction of sp³-hybridized carbons (Fsp3) is 0.133. The third-order valence-electron chi connectivity index (χ3n) is 2.75. The Balaban J connectivity index is 2.07. The number of hydrogen-bond donors (Lipinski definition) is 1. The van der Waals surface area contributed by atoms with Crippen LogP contribution in [0.4, 0.5) is 14.5 Å². The van der Waals surface area contributed by atoms with E-state index in [0.717, 1.165) is 6.07 Å². The van der Waals surface area contributed by atoms with Gasteiger partial charge in [0.25, 0.3) is 5.91 Å². The molecule has 0 saturated heterocycles. The van der Waals surface area contributed by atoms with Gasteiger partial charge in [0.1, 0.15) is 17.4 Å². The van der Waals surface area contributed by atoms with Gasteiger partial charge >= 0.3 is 0 Å². The third kappa shape index (κ3) is 4.18. The van der Waals surface area contributed by atoms with Gasteiger partial charge < -0.3 is 10.1 Å². The first kappa shape index (κ1) is 16.7. The SMILES string of the molecule is CC(Oc1ccc(F)cc1Br)C(=O)Nc1cc(Cl)ccc1F. The maximum absolute atomic E-state index is 13.6. The molecule has 2 rings (SSSR count).